The maximum absolute atomic E-state index is 13.0. The fourth-order valence-corrected chi connectivity index (χ4v) is 4.78. The number of para-hydroxylation sites is 1. The molecule has 2 amide bonds. The zero-order chi connectivity index (χ0) is 24.8. The summed E-state index contributed by atoms with van der Waals surface area (Å²) in [5.74, 6) is -0.00580. The highest BCUT2D eigenvalue weighted by Crippen LogP contribution is 2.18. The average molecular weight is 497 g/mol. The van der Waals surface area contributed by atoms with Crippen molar-refractivity contribution in [1.29, 1.82) is 0 Å². The predicted molar refractivity (Wildman–Crippen MR) is 132 cm³/mol. The zero-order valence-corrected chi connectivity index (χ0v) is 20.3. The van der Waals surface area contributed by atoms with Gasteiger partial charge in [-0.05, 0) is 42.0 Å². The lowest BCUT2D eigenvalue weighted by Crippen LogP contribution is -2.47. The largest absolute Gasteiger partial charge is 0.467 e. The molecule has 0 saturated carbocycles. The minimum Gasteiger partial charge on any atom is -0.467 e. The first-order valence-corrected chi connectivity index (χ1v) is 13.1. The smallest absolute Gasteiger partial charge is 0.255 e. The van der Waals surface area contributed by atoms with Crippen molar-refractivity contribution >= 4 is 27.5 Å². The Kier molecular flexibility index (Phi) is 7.64. The number of rotatable bonds is 8. The molecule has 0 radical (unpaired) electrons. The zero-order valence-electron chi connectivity index (χ0n) is 19.4. The second-order valence-corrected chi connectivity index (χ2v) is 10.4. The summed E-state index contributed by atoms with van der Waals surface area (Å²) in [6.07, 6.45) is 2.77. The molecule has 0 atom stereocenters. The molecular weight excluding hydrogens is 468 g/mol. The normalized spacial score (nSPS) is 15.0. The van der Waals surface area contributed by atoms with Crippen molar-refractivity contribution < 1.29 is 22.4 Å². The molecule has 3 aromatic rings. The number of carbonyl (C=O) groups excluding carboxylic acids is 2. The van der Waals surface area contributed by atoms with Gasteiger partial charge < -0.3 is 15.1 Å². The molecule has 10 heteroatoms. The highest BCUT2D eigenvalue weighted by Gasteiger charge is 2.23. The number of benzene rings is 2. The Morgan fingerprint density at radius 2 is 1.71 bits per heavy atom. The van der Waals surface area contributed by atoms with Gasteiger partial charge in [-0.3, -0.25) is 14.5 Å². The van der Waals surface area contributed by atoms with E-state index in [9.17, 15) is 18.0 Å². The van der Waals surface area contributed by atoms with Crippen LogP contribution in [0.1, 0.15) is 32.0 Å². The minimum atomic E-state index is -3.17. The number of sulfonamides is 1. The third kappa shape index (κ3) is 6.56. The SMILES string of the molecule is CS(=O)(=O)N1CCN(Cc2cccc(C(=O)Nc3ccccc3C(=O)NCc3ccco3)c2)CC1. The van der Waals surface area contributed by atoms with Gasteiger partial charge in [0, 0.05) is 38.3 Å². The Balaban J connectivity index is 1.38. The second kappa shape index (κ2) is 10.9. The van der Waals surface area contributed by atoms with E-state index in [4.69, 9.17) is 4.42 Å². The van der Waals surface area contributed by atoms with Gasteiger partial charge >= 0.3 is 0 Å². The van der Waals surface area contributed by atoms with Crippen molar-refractivity contribution in [1.82, 2.24) is 14.5 Å². The van der Waals surface area contributed by atoms with Gasteiger partial charge in [0.25, 0.3) is 11.8 Å². The molecule has 184 valence electrons. The molecule has 2 heterocycles. The maximum Gasteiger partial charge on any atom is 0.255 e. The monoisotopic (exact) mass is 496 g/mol. The topological polar surface area (TPSA) is 112 Å². The second-order valence-electron chi connectivity index (χ2n) is 8.40. The Morgan fingerprint density at radius 1 is 0.943 bits per heavy atom. The van der Waals surface area contributed by atoms with Crippen LogP contribution < -0.4 is 10.6 Å². The van der Waals surface area contributed by atoms with Crippen LogP contribution in [-0.4, -0.2) is 61.9 Å². The van der Waals surface area contributed by atoms with Gasteiger partial charge in [0.05, 0.1) is 30.3 Å². The quantitative estimate of drug-likeness (QED) is 0.496. The van der Waals surface area contributed by atoms with Crippen molar-refractivity contribution in [3.63, 3.8) is 0 Å². The Bertz CT molecular complexity index is 1280. The molecule has 2 aromatic carbocycles. The van der Waals surface area contributed by atoms with E-state index in [2.05, 4.69) is 15.5 Å². The summed E-state index contributed by atoms with van der Waals surface area (Å²) in [6, 6.07) is 17.6. The van der Waals surface area contributed by atoms with Crippen LogP contribution in [0.15, 0.2) is 71.3 Å². The molecule has 2 N–H and O–H groups in total. The predicted octanol–water partition coefficient (Wildman–Crippen LogP) is 2.54. The summed E-state index contributed by atoms with van der Waals surface area (Å²) in [7, 11) is -3.17. The van der Waals surface area contributed by atoms with Crippen LogP contribution in [0.5, 0.6) is 0 Å². The lowest BCUT2D eigenvalue weighted by atomic mass is 10.1. The summed E-state index contributed by atoms with van der Waals surface area (Å²) < 4.78 is 30.1. The maximum atomic E-state index is 13.0. The number of piperazine rings is 1. The highest BCUT2D eigenvalue weighted by atomic mass is 32.2. The van der Waals surface area contributed by atoms with Crippen LogP contribution in [0.4, 0.5) is 5.69 Å². The summed E-state index contributed by atoms with van der Waals surface area (Å²) in [5.41, 5.74) is 2.20. The molecule has 1 fully saturated rings. The number of furan rings is 1. The van der Waals surface area contributed by atoms with E-state index >= 15 is 0 Å². The number of hydrogen-bond acceptors (Lipinski definition) is 6. The summed E-state index contributed by atoms with van der Waals surface area (Å²) in [4.78, 5) is 27.8. The molecule has 0 bridgehead atoms. The third-order valence-electron chi connectivity index (χ3n) is 5.82. The number of carbonyl (C=O) groups is 2. The minimum absolute atomic E-state index is 0.245. The average Bonchev–Trinajstić information content (AvgIpc) is 3.37. The molecule has 1 aliphatic rings. The van der Waals surface area contributed by atoms with E-state index in [1.54, 1.807) is 48.7 Å². The molecule has 35 heavy (non-hydrogen) atoms. The lowest BCUT2D eigenvalue weighted by Gasteiger charge is -2.33. The van der Waals surface area contributed by atoms with Gasteiger partial charge in [-0.25, -0.2) is 8.42 Å². The summed E-state index contributed by atoms with van der Waals surface area (Å²) in [6.45, 7) is 3.03. The van der Waals surface area contributed by atoms with Crippen molar-refractivity contribution in [3.05, 3.63) is 89.4 Å². The van der Waals surface area contributed by atoms with Crippen LogP contribution in [0.2, 0.25) is 0 Å². The standard InChI is InChI=1S/C25H28N4O5S/c1-35(32,33)29-13-11-28(12-14-29)18-19-6-4-7-20(16-19)24(30)27-23-10-3-2-9-22(23)25(31)26-17-21-8-5-15-34-21/h2-10,15-16H,11-14,17-18H2,1H3,(H,26,31)(H,27,30). The van der Waals surface area contributed by atoms with Gasteiger partial charge in [0.1, 0.15) is 5.76 Å². The molecule has 1 aliphatic heterocycles. The highest BCUT2D eigenvalue weighted by molar-refractivity contribution is 7.88. The third-order valence-corrected chi connectivity index (χ3v) is 7.12. The molecule has 0 aliphatic carbocycles. The van der Waals surface area contributed by atoms with Crippen LogP contribution in [0.3, 0.4) is 0 Å². The number of hydrogen-bond donors (Lipinski definition) is 2. The molecule has 1 aromatic heterocycles. The first-order chi connectivity index (χ1) is 16.8. The van der Waals surface area contributed by atoms with Crippen LogP contribution in [-0.2, 0) is 23.1 Å². The fraction of sp³-hybridized carbons (Fsp3) is 0.280. The van der Waals surface area contributed by atoms with Crippen molar-refractivity contribution in [2.75, 3.05) is 37.8 Å². The molecule has 1 saturated heterocycles. The van der Waals surface area contributed by atoms with Gasteiger partial charge in [-0.15, -0.1) is 0 Å². The van der Waals surface area contributed by atoms with E-state index in [0.717, 1.165) is 5.56 Å². The van der Waals surface area contributed by atoms with E-state index in [0.29, 0.717) is 55.3 Å². The van der Waals surface area contributed by atoms with Crippen molar-refractivity contribution in [2.45, 2.75) is 13.1 Å². The lowest BCUT2D eigenvalue weighted by molar-refractivity contribution is 0.0949. The fourth-order valence-electron chi connectivity index (χ4n) is 3.95. The van der Waals surface area contributed by atoms with E-state index in [1.807, 2.05) is 18.2 Å². The van der Waals surface area contributed by atoms with Crippen LogP contribution >= 0.6 is 0 Å². The van der Waals surface area contributed by atoms with E-state index in [-0.39, 0.29) is 18.4 Å². The van der Waals surface area contributed by atoms with Gasteiger partial charge in [0.2, 0.25) is 10.0 Å². The first kappa shape index (κ1) is 24.6. The van der Waals surface area contributed by atoms with Crippen molar-refractivity contribution in [2.24, 2.45) is 0 Å². The first-order valence-electron chi connectivity index (χ1n) is 11.3. The van der Waals surface area contributed by atoms with Gasteiger partial charge in [0.15, 0.2) is 0 Å². The van der Waals surface area contributed by atoms with Crippen LogP contribution in [0, 0.1) is 0 Å². The molecule has 0 spiro atoms. The number of anilines is 1. The van der Waals surface area contributed by atoms with E-state index < -0.39 is 10.0 Å². The van der Waals surface area contributed by atoms with Gasteiger partial charge in [-0.1, -0.05) is 24.3 Å². The molecule has 0 unspecified atom stereocenters. The Morgan fingerprint density at radius 3 is 2.43 bits per heavy atom. The van der Waals surface area contributed by atoms with Crippen molar-refractivity contribution in [3.8, 4) is 0 Å². The molecule has 4 rings (SSSR count). The Hall–Kier alpha value is -3.47. The summed E-state index contributed by atoms with van der Waals surface area (Å²) in [5, 5.41) is 5.64. The van der Waals surface area contributed by atoms with E-state index in [1.165, 1.54) is 10.6 Å². The molecular formula is C25H28N4O5S. The number of nitrogens with zero attached hydrogens (tertiary/aromatic N) is 2. The number of nitrogens with one attached hydrogen (secondary N) is 2. The van der Waals surface area contributed by atoms with Gasteiger partial charge in [-0.2, -0.15) is 4.31 Å². The Labute approximate surface area is 204 Å². The number of amides is 2. The summed E-state index contributed by atoms with van der Waals surface area (Å²) >= 11 is 0. The van der Waals surface area contributed by atoms with Crippen LogP contribution in [0.25, 0.3) is 0 Å². The molecule has 9 nitrogen and oxygen atoms in total.